The molecule has 27 heavy (non-hydrogen) atoms. The second-order valence-corrected chi connectivity index (χ2v) is 6.66. The van der Waals surface area contributed by atoms with E-state index in [1.54, 1.807) is 18.6 Å². The average molecular weight is 367 g/mol. The second kappa shape index (κ2) is 8.22. The molecule has 3 rings (SSSR count). The highest BCUT2D eigenvalue weighted by Gasteiger charge is 2.17. The highest BCUT2D eigenvalue weighted by molar-refractivity contribution is 5.95. The largest absolute Gasteiger partial charge is 0.383 e. The van der Waals surface area contributed by atoms with Crippen LogP contribution in [0.2, 0.25) is 0 Å². The van der Waals surface area contributed by atoms with E-state index in [4.69, 9.17) is 4.74 Å². The Kier molecular flexibility index (Phi) is 5.76. The van der Waals surface area contributed by atoms with Crippen LogP contribution in [0.5, 0.6) is 0 Å². The summed E-state index contributed by atoms with van der Waals surface area (Å²) in [7, 11) is 1.59. The number of aryl methyl sites for hydroxylation is 2. The van der Waals surface area contributed by atoms with Crippen molar-refractivity contribution in [3.05, 3.63) is 69.3 Å². The number of ether oxygens (including phenoxy) is 1. The standard InChI is InChI=1S/C21H25N3O3/c1-14-12-15(2)24(10-11-27-3)21(26)19(14)20(25)22-9-8-16-13-23-18-7-5-4-6-17(16)18/h4-7,12-13,23H,8-11H2,1-3H3,(H,22,25). The van der Waals surface area contributed by atoms with Crippen molar-refractivity contribution >= 4 is 16.8 Å². The Morgan fingerprint density at radius 2 is 2.04 bits per heavy atom. The summed E-state index contributed by atoms with van der Waals surface area (Å²) in [4.78, 5) is 28.6. The molecule has 3 aromatic rings. The smallest absolute Gasteiger partial charge is 0.263 e. The zero-order chi connectivity index (χ0) is 19.4. The molecule has 1 amide bonds. The number of pyridine rings is 1. The van der Waals surface area contributed by atoms with Crippen LogP contribution in [0.3, 0.4) is 0 Å². The maximum Gasteiger partial charge on any atom is 0.263 e. The van der Waals surface area contributed by atoms with Gasteiger partial charge in [-0.15, -0.1) is 0 Å². The third kappa shape index (κ3) is 3.95. The molecule has 0 radical (unpaired) electrons. The van der Waals surface area contributed by atoms with Crippen LogP contribution in [0, 0.1) is 13.8 Å². The maximum absolute atomic E-state index is 12.8. The van der Waals surface area contributed by atoms with E-state index in [9.17, 15) is 9.59 Å². The Balaban J connectivity index is 1.73. The van der Waals surface area contributed by atoms with Gasteiger partial charge in [0.1, 0.15) is 5.56 Å². The van der Waals surface area contributed by atoms with Gasteiger partial charge >= 0.3 is 0 Å². The lowest BCUT2D eigenvalue weighted by Crippen LogP contribution is -2.36. The molecule has 0 atom stereocenters. The summed E-state index contributed by atoms with van der Waals surface area (Å²) in [6.45, 7) is 4.97. The number of hydrogen-bond acceptors (Lipinski definition) is 3. The van der Waals surface area contributed by atoms with E-state index in [-0.39, 0.29) is 17.0 Å². The molecule has 0 fully saturated rings. The van der Waals surface area contributed by atoms with Gasteiger partial charge in [-0.25, -0.2) is 0 Å². The summed E-state index contributed by atoms with van der Waals surface area (Å²) in [5.74, 6) is -0.330. The molecule has 2 aromatic heterocycles. The number of nitrogens with zero attached hydrogens (tertiary/aromatic N) is 1. The number of aromatic nitrogens is 2. The van der Waals surface area contributed by atoms with E-state index >= 15 is 0 Å². The van der Waals surface area contributed by atoms with Crippen LogP contribution < -0.4 is 10.9 Å². The first-order valence-corrected chi connectivity index (χ1v) is 9.06. The number of hydrogen-bond donors (Lipinski definition) is 2. The minimum atomic E-state index is -0.330. The quantitative estimate of drug-likeness (QED) is 0.674. The van der Waals surface area contributed by atoms with Crippen molar-refractivity contribution in [2.45, 2.75) is 26.8 Å². The lowest BCUT2D eigenvalue weighted by atomic mass is 10.1. The first-order valence-electron chi connectivity index (χ1n) is 9.06. The number of amides is 1. The number of para-hydroxylation sites is 1. The van der Waals surface area contributed by atoms with Crippen molar-refractivity contribution in [2.75, 3.05) is 20.3 Å². The molecule has 142 valence electrons. The summed E-state index contributed by atoms with van der Waals surface area (Å²) in [6.07, 6.45) is 2.66. The fraction of sp³-hybridized carbons (Fsp3) is 0.333. The Morgan fingerprint density at radius 1 is 1.26 bits per heavy atom. The molecule has 0 saturated carbocycles. The second-order valence-electron chi connectivity index (χ2n) is 6.66. The number of carbonyl (C=O) groups is 1. The highest BCUT2D eigenvalue weighted by atomic mass is 16.5. The number of rotatable bonds is 7. The number of aromatic amines is 1. The lowest BCUT2D eigenvalue weighted by Gasteiger charge is -2.14. The van der Waals surface area contributed by atoms with Crippen molar-refractivity contribution in [3.8, 4) is 0 Å². The van der Waals surface area contributed by atoms with Crippen molar-refractivity contribution in [1.29, 1.82) is 0 Å². The first kappa shape index (κ1) is 18.9. The molecule has 6 nitrogen and oxygen atoms in total. The molecular formula is C21H25N3O3. The molecule has 0 aliphatic carbocycles. The van der Waals surface area contributed by atoms with Gasteiger partial charge in [0.25, 0.3) is 11.5 Å². The zero-order valence-corrected chi connectivity index (χ0v) is 16.0. The molecule has 0 aliphatic heterocycles. The van der Waals surface area contributed by atoms with Gasteiger partial charge in [0.2, 0.25) is 0 Å². The van der Waals surface area contributed by atoms with Gasteiger partial charge < -0.3 is 19.6 Å². The minimum Gasteiger partial charge on any atom is -0.383 e. The van der Waals surface area contributed by atoms with Crippen molar-refractivity contribution < 1.29 is 9.53 Å². The van der Waals surface area contributed by atoms with E-state index in [1.165, 1.54) is 0 Å². The normalized spacial score (nSPS) is 11.1. The summed E-state index contributed by atoms with van der Waals surface area (Å²) < 4.78 is 6.65. The molecule has 0 aliphatic rings. The minimum absolute atomic E-state index is 0.204. The van der Waals surface area contributed by atoms with Crippen LogP contribution in [0.15, 0.2) is 41.3 Å². The summed E-state index contributed by atoms with van der Waals surface area (Å²) >= 11 is 0. The van der Waals surface area contributed by atoms with Crippen molar-refractivity contribution in [3.63, 3.8) is 0 Å². The predicted molar refractivity (Wildman–Crippen MR) is 106 cm³/mol. The molecule has 2 N–H and O–H groups in total. The van der Waals surface area contributed by atoms with Crippen LogP contribution in [0.25, 0.3) is 10.9 Å². The molecule has 0 saturated heterocycles. The third-order valence-corrected chi connectivity index (χ3v) is 4.81. The Bertz CT molecular complexity index is 1020. The monoisotopic (exact) mass is 367 g/mol. The summed E-state index contributed by atoms with van der Waals surface area (Å²) in [6, 6.07) is 9.93. The fourth-order valence-electron chi connectivity index (χ4n) is 3.40. The zero-order valence-electron chi connectivity index (χ0n) is 16.0. The van der Waals surface area contributed by atoms with Gasteiger partial charge in [0.15, 0.2) is 0 Å². The molecule has 0 spiro atoms. The van der Waals surface area contributed by atoms with E-state index in [0.29, 0.717) is 31.7 Å². The van der Waals surface area contributed by atoms with Gasteiger partial charge in [0.05, 0.1) is 6.61 Å². The fourth-order valence-corrected chi connectivity index (χ4v) is 3.40. The van der Waals surface area contributed by atoms with Gasteiger partial charge in [-0.3, -0.25) is 9.59 Å². The topological polar surface area (TPSA) is 76.1 Å². The predicted octanol–water partition coefficient (Wildman–Crippen LogP) is 2.57. The van der Waals surface area contributed by atoms with Crippen LogP contribution in [-0.2, 0) is 17.7 Å². The Hall–Kier alpha value is -2.86. The van der Waals surface area contributed by atoms with Gasteiger partial charge in [-0.05, 0) is 43.5 Å². The SMILES string of the molecule is COCCn1c(C)cc(C)c(C(=O)NCCc2c[nH]c3ccccc23)c1=O. The number of nitrogens with one attached hydrogen (secondary N) is 2. The number of carbonyl (C=O) groups excluding carboxylic acids is 1. The molecule has 1 aromatic carbocycles. The molecule has 0 bridgehead atoms. The van der Waals surface area contributed by atoms with Gasteiger partial charge in [-0.1, -0.05) is 18.2 Å². The van der Waals surface area contributed by atoms with Gasteiger partial charge in [-0.2, -0.15) is 0 Å². The number of fused-ring (bicyclic) bond motifs is 1. The number of benzene rings is 1. The van der Waals surface area contributed by atoms with E-state index in [0.717, 1.165) is 22.2 Å². The van der Waals surface area contributed by atoms with Crippen molar-refractivity contribution in [1.82, 2.24) is 14.9 Å². The Labute approximate surface area is 158 Å². The maximum atomic E-state index is 12.8. The molecule has 0 unspecified atom stereocenters. The molecule has 2 heterocycles. The van der Waals surface area contributed by atoms with Crippen LogP contribution in [0.4, 0.5) is 0 Å². The van der Waals surface area contributed by atoms with Crippen LogP contribution in [-0.4, -0.2) is 35.7 Å². The van der Waals surface area contributed by atoms with E-state index < -0.39 is 0 Å². The van der Waals surface area contributed by atoms with E-state index in [2.05, 4.69) is 16.4 Å². The molecule has 6 heteroatoms. The lowest BCUT2D eigenvalue weighted by molar-refractivity contribution is 0.0951. The summed E-state index contributed by atoms with van der Waals surface area (Å²) in [5, 5.41) is 4.04. The average Bonchev–Trinajstić information content (AvgIpc) is 3.04. The summed E-state index contributed by atoms with van der Waals surface area (Å²) in [5.41, 5.74) is 3.67. The van der Waals surface area contributed by atoms with Gasteiger partial charge in [0, 0.05) is 43.0 Å². The highest BCUT2D eigenvalue weighted by Crippen LogP contribution is 2.17. The van der Waals surface area contributed by atoms with E-state index in [1.807, 2.05) is 37.4 Å². The van der Waals surface area contributed by atoms with Crippen molar-refractivity contribution in [2.24, 2.45) is 0 Å². The van der Waals surface area contributed by atoms with Crippen LogP contribution in [0.1, 0.15) is 27.2 Å². The van der Waals surface area contributed by atoms with Crippen LogP contribution >= 0.6 is 0 Å². The first-order chi connectivity index (χ1) is 13.0. The third-order valence-electron chi connectivity index (χ3n) is 4.81. The number of H-pyrrole nitrogens is 1. The Morgan fingerprint density at radius 3 is 2.81 bits per heavy atom. The number of methoxy groups -OCH3 is 1. The molecular weight excluding hydrogens is 342 g/mol.